The molecular formula is C52H40N2O2. The second-order valence-corrected chi connectivity index (χ2v) is 13.6. The molecule has 4 nitrogen and oxygen atoms in total. The maximum atomic E-state index is 6.03. The van der Waals surface area contributed by atoms with Crippen LogP contribution in [0, 0.1) is 0 Å². The van der Waals surface area contributed by atoms with Gasteiger partial charge in [-0.05, 0) is 106 Å². The molecule has 0 saturated carbocycles. The van der Waals surface area contributed by atoms with Gasteiger partial charge in [0.1, 0.15) is 11.5 Å². The zero-order valence-corrected chi connectivity index (χ0v) is 31.3. The van der Waals surface area contributed by atoms with Crippen molar-refractivity contribution in [2.24, 2.45) is 0 Å². The summed E-state index contributed by atoms with van der Waals surface area (Å²) in [6, 6.07) is 72.6. The molecule has 0 fully saturated rings. The zero-order chi connectivity index (χ0) is 37.8. The SMILES string of the molecule is COc1ccccc1-c1c2ccccc2c(-c2ccccc2OC)c2cc(N(c3ccccc3)c3ccc(N(c4ccccc4)c4ccccc4)cc3)ccc12. The van der Waals surface area contributed by atoms with Crippen LogP contribution in [0.4, 0.5) is 34.1 Å². The van der Waals surface area contributed by atoms with E-state index in [1.807, 2.05) is 24.3 Å². The van der Waals surface area contributed by atoms with E-state index in [1.165, 1.54) is 0 Å². The molecule has 0 atom stereocenters. The number of rotatable bonds is 10. The second kappa shape index (κ2) is 15.2. The number of hydrogen-bond acceptors (Lipinski definition) is 4. The predicted octanol–water partition coefficient (Wildman–Crippen LogP) is 14.3. The van der Waals surface area contributed by atoms with E-state index in [0.29, 0.717) is 0 Å². The number of benzene rings is 9. The second-order valence-electron chi connectivity index (χ2n) is 13.6. The molecule has 0 N–H and O–H groups in total. The summed E-state index contributed by atoms with van der Waals surface area (Å²) in [5.74, 6) is 1.66. The molecule has 0 aliphatic rings. The summed E-state index contributed by atoms with van der Waals surface area (Å²) >= 11 is 0. The molecule has 0 bridgehead atoms. The minimum Gasteiger partial charge on any atom is -0.496 e. The number of hydrogen-bond donors (Lipinski definition) is 0. The molecule has 4 heteroatoms. The Morgan fingerprint density at radius 1 is 0.286 bits per heavy atom. The fourth-order valence-corrected chi connectivity index (χ4v) is 7.96. The number of methoxy groups -OCH3 is 2. The minimum absolute atomic E-state index is 0.825. The Bertz CT molecular complexity index is 2730. The van der Waals surface area contributed by atoms with Crippen molar-refractivity contribution >= 4 is 55.7 Å². The van der Waals surface area contributed by atoms with Gasteiger partial charge in [0.2, 0.25) is 0 Å². The summed E-state index contributed by atoms with van der Waals surface area (Å²) in [7, 11) is 3.49. The van der Waals surface area contributed by atoms with Crippen molar-refractivity contribution in [2.45, 2.75) is 0 Å². The van der Waals surface area contributed by atoms with Gasteiger partial charge in [-0.3, -0.25) is 0 Å². The molecular weight excluding hydrogens is 685 g/mol. The molecule has 9 aromatic carbocycles. The normalized spacial score (nSPS) is 11.0. The average Bonchev–Trinajstić information content (AvgIpc) is 3.27. The van der Waals surface area contributed by atoms with E-state index in [1.54, 1.807) is 14.2 Å². The third-order valence-electron chi connectivity index (χ3n) is 10.4. The fraction of sp³-hybridized carbons (Fsp3) is 0.0385. The lowest BCUT2D eigenvalue weighted by Gasteiger charge is -2.29. The molecule has 9 rings (SSSR count). The highest BCUT2D eigenvalue weighted by Crippen LogP contribution is 2.49. The van der Waals surface area contributed by atoms with E-state index in [4.69, 9.17) is 9.47 Å². The number of ether oxygens (including phenoxy) is 2. The summed E-state index contributed by atoms with van der Waals surface area (Å²) in [4.78, 5) is 4.62. The Hall–Kier alpha value is -7.30. The van der Waals surface area contributed by atoms with Crippen molar-refractivity contribution in [3.63, 3.8) is 0 Å². The largest absolute Gasteiger partial charge is 0.496 e. The van der Waals surface area contributed by atoms with Gasteiger partial charge in [-0.2, -0.15) is 0 Å². The maximum absolute atomic E-state index is 6.03. The smallest absolute Gasteiger partial charge is 0.126 e. The van der Waals surface area contributed by atoms with E-state index in [-0.39, 0.29) is 0 Å². The van der Waals surface area contributed by atoms with Gasteiger partial charge >= 0.3 is 0 Å². The Morgan fingerprint density at radius 2 is 0.607 bits per heavy atom. The van der Waals surface area contributed by atoms with Crippen LogP contribution in [0.1, 0.15) is 0 Å². The third-order valence-corrected chi connectivity index (χ3v) is 10.4. The molecule has 0 heterocycles. The molecule has 0 aliphatic carbocycles. The Morgan fingerprint density at radius 3 is 1.05 bits per heavy atom. The first-order valence-electron chi connectivity index (χ1n) is 18.8. The van der Waals surface area contributed by atoms with Gasteiger partial charge in [0.25, 0.3) is 0 Å². The molecule has 0 amide bonds. The Kier molecular flexibility index (Phi) is 9.36. The van der Waals surface area contributed by atoms with E-state index in [2.05, 4.69) is 192 Å². The Balaban J connectivity index is 1.29. The fourth-order valence-electron chi connectivity index (χ4n) is 7.96. The number of nitrogens with zero attached hydrogens (tertiary/aromatic N) is 2. The van der Waals surface area contributed by atoms with Crippen molar-refractivity contribution in [1.29, 1.82) is 0 Å². The highest BCUT2D eigenvalue weighted by atomic mass is 16.5. The van der Waals surface area contributed by atoms with Gasteiger partial charge in [-0.1, -0.05) is 121 Å². The van der Waals surface area contributed by atoms with Crippen molar-refractivity contribution in [3.8, 4) is 33.8 Å². The van der Waals surface area contributed by atoms with Crippen LogP contribution in [0.2, 0.25) is 0 Å². The van der Waals surface area contributed by atoms with Gasteiger partial charge < -0.3 is 19.3 Å². The molecule has 0 aliphatic heterocycles. The molecule has 0 unspecified atom stereocenters. The first kappa shape index (κ1) is 34.5. The van der Waals surface area contributed by atoms with Crippen LogP contribution in [-0.4, -0.2) is 14.2 Å². The van der Waals surface area contributed by atoms with Crippen LogP contribution in [-0.2, 0) is 0 Å². The first-order valence-corrected chi connectivity index (χ1v) is 18.8. The van der Waals surface area contributed by atoms with Gasteiger partial charge in [0, 0.05) is 56.4 Å². The average molecular weight is 725 g/mol. The zero-order valence-electron chi connectivity index (χ0n) is 31.3. The maximum Gasteiger partial charge on any atom is 0.126 e. The van der Waals surface area contributed by atoms with Gasteiger partial charge in [-0.25, -0.2) is 0 Å². The topological polar surface area (TPSA) is 24.9 Å². The number of anilines is 6. The summed E-state index contributed by atoms with van der Waals surface area (Å²) in [5, 5.41) is 4.53. The van der Waals surface area contributed by atoms with Crippen molar-refractivity contribution in [3.05, 3.63) is 206 Å². The first-order chi connectivity index (χ1) is 27.7. The van der Waals surface area contributed by atoms with Crippen LogP contribution in [0.3, 0.4) is 0 Å². The molecule has 0 radical (unpaired) electrons. The summed E-state index contributed by atoms with van der Waals surface area (Å²) in [6.07, 6.45) is 0. The van der Waals surface area contributed by atoms with Crippen LogP contribution < -0.4 is 19.3 Å². The quantitative estimate of drug-likeness (QED) is 0.131. The molecule has 9 aromatic rings. The molecule has 0 spiro atoms. The lowest BCUT2D eigenvalue weighted by atomic mass is 9.85. The molecule has 0 saturated heterocycles. The molecule has 0 aromatic heterocycles. The van der Waals surface area contributed by atoms with Crippen molar-refractivity contribution in [1.82, 2.24) is 0 Å². The van der Waals surface area contributed by atoms with E-state index >= 15 is 0 Å². The third kappa shape index (κ3) is 6.27. The van der Waals surface area contributed by atoms with Gasteiger partial charge in [0.05, 0.1) is 14.2 Å². The van der Waals surface area contributed by atoms with Gasteiger partial charge in [0.15, 0.2) is 0 Å². The minimum atomic E-state index is 0.825. The van der Waals surface area contributed by atoms with E-state index < -0.39 is 0 Å². The molecule has 270 valence electrons. The summed E-state index contributed by atoms with van der Waals surface area (Å²) in [6.45, 7) is 0. The lowest BCUT2D eigenvalue weighted by molar-refractivity contribution is 0.416. The Labute approximate surface area is 328 Å². The summed E-state index contributed by atoms with van der Waals surface area (Å²) < 4.78 is 12.0. The van der Waals surface area contributed by atoms with Crippen molar-refractivity contribution in [2.75, 3.05) is 24.0 Å². The van der Waals surface area contributed by atoms with Crippen LogP contribution in [0.15, 0.2) is 206 Å². The van der Waals surface area contributed by atoms with Crippen molar-refractivity contribution < 1.29 is 9.47 Å². The van der Waals surface area contributed by atoms with Crippen LogP contribution in [0.25, 0.3) is 43.8 Å². The van der Waals surface area contributed by atoms with E-state index in [0.717, 1.165) is 89.4 Å². The summed E-state index contributed by atoms with van der Waals surface area (Å²) in [5.41, 5.74) is 10.8. The standard InChI is InChI=1S/C52H40N2O2/c1-55-49-28-16-14-26-46(49)51-43-24-12-13-25-44(43)52(47-27-15-17-29-50(47)56-2)48-36-42(34-35-45(48)51)54(39-22-10-5-11-23-39)41-32-30-40(31-33-41)53(37-18-6-3-7-19-37)38-20-8-4-9-21-38/h3-36H,1-2H3. The molecule has 56 heavy (non-hydrogen) atoms. The highest BCUT2D eigenvalue weighted by molar-refractivity contribution is 6.23. The number of fused-ring (bicyclic) bond motifs is 2. The highest BCUT2D eigenvalue weighted by Gasteiger charge is 2.23. The lowest BCUT2D eigenvalue weighted by Crippen LogP contribution is -2.12. The van der Waals surface area contributed by atoms with Gasteiger partial charge in [-0.15, -0.1) is 0 Å². The van der Waals surface area contributed by atoms with E-state index in [9.17, 15) is 0 Å². The van der Waals surface area contributed by atoms with Crippen LogP contribution in [0.5, 0.6) is 11.5 Å². The predicted molar refractivity (Wildman–Crippen MR) is 235 cm³/mol. The monoisotopic (exact) mass is 724 g/mol. The number of para-hydroxylation sites is 5. The van der Waals surface area contributed by atoms with Crippen LogP contribution >= 0.6 is 0 Å².